The number of benzene rings is 1. The maximum Gasteiger partial charge on any atom is 0.379 e. The molecule has 2 N–H and O–H groups in total. The summed E-state index contributed by atoms with van der Waals surface area (Å²) >= 11 is 0. The smallest absolute Gasteiger partial charge is 0.379 e. The van der Waals surface area contributed by atoms with Gasteiger partial charge in [0.2, 0.25) is 0 Å². The second kappa shape index (κ2) is 5.44. The zero-order valence-electron chi connectivity index (χ0n) is 10.7. The second-order valence-electron chi connectivity index (χ2n) is 4.18. The predicted molar refractivity (Wildman–Crippen MR) is 64.4 cm³/mol. The fraction of sp³-hybridized carbons (Fsp3) is 0.462. The van der Waals surface area contributed by atoms with Crippen LogP contribution < -0.4 is 5.73 Å². The van der Waals surface area contributed by atoms with Crippen LogP contribution in [0.3, 0.4) is 0 Å². The first-order valence-electron chi connectivity index (χ1n) is 5.68. The van der Waals surface area contributed by atoms with Crippen LogP contribution in [0.1, 0.15) is 29.7 Å². The molecule has 0 aromatic heterocycles. The van der Waals surface area contributed by atoms with Crippen LogP contribution in [0.15, 0.2) is 18.2 Å². The van der Waals surface area contributed by atoms with Gasteiger partial charge in [-0.3, -0.25) is 0 Å². The van der Waals surface area contributed by atoms with Gasteiger partial charge in [0.15, 0.2) is 0 Å². The minimum Gasteiger partial charge on any atom is -0.462 e. The number of esters is 1. The van der Waals surface area contributed by atoms with Crippen molar-refractivity contribution in [1.82, 2.24) is 0 Å². The molecule has 3 nitrogen and oxygen atoms in total. The summed E-state index contributed by atoms with van der Waals surface area (Å²) in [6.45, 7) is 4.82. The molecule has 5 heteroatoms. The number of ether oxygens (including phenoxy) is 1. The third-order valence-corrected chi connectivity index (χ3v) is 2.71. The molecule has 0 heterocycles. The van der Waals surface area contributed by atoms with Gasteiger partial charge in [0.25, 0.3) is 0 Å². The molecule has 0 radical (unpaired) electrons. The third kappa shape index (κ3) is 2.85. The highest BCUT2D eigenvalue weighted by Crippen LogP contribution is 2.32. The van der Waals surface area contributed by atoms with E-state index in [2.05, 4.69) is 4.74 Å². The molecule has 0 bridgehead atoms. The number of aryl methyl sites for hydroxylation is 2. The first kappa shape index (κ1) is 14.6. The van der Waals surface area contributed by atoms with Crippen molar-refractivity contribution < 1.29 is 18.3 Å². The molecular weight excluding hydrogens is 240 g/mol. The highest BCUT2D eigenvalue weighted by atomic mass is 19.3. The minimum absolute atomic E-state index is 0.103. The van der Waals surface area contributed by atoms with E-state index < -0.39 is 17.9 Å². The van der Waals surface area contributed by atoms with Gasteiger partial charge in [-0.05, 0) is 31.9 Å². The zero-order chi connectivity index (χ0) is 13.9. The molecule has 100 valence electrons. The SMILES string of the molecule is CCOC(=O)C(F)(F)[C@@H](N)c1cc(C)ccc1C. The van der Waals surface area contributed by atoms with E-state index in [1.54, 1.807) is 32.0 Å². The van der Waals surface area contributed by atoms with Crippen LogP contribution in [0.5, 0.6) is 0 Å². The molecule has 0 fully saturated rings. The molecule has 0 aliphatic carbocycles. The monoisotopic (exact) mass is 257 g/mol. The van der Waals surface area contributed by atoms with Gasteiger partial charge in [-0.2, -0.15) is 8.78 Å². The summed E-state index contributed by atoms with van der Waals surface area (Å²) in [6, 6.07) is 3.36. The predicted octanol–water partition coefficient (Wildman–Crippen LogP) is 2.50. The number of hydrogen-bond donors (Lipinski definition) is 1. The molecule has 18 heavy (non-hydrogen) atoms. The largest absolute Gasteiger partial charge is 0.462 e. The van der Waals surface area contributed by atoms with Gasteiger partial charge in [0.1, 0.15) is 6.04 Å². The number of carbonyl (C=O) groups is 1. The lowest BCUT2D eigenvalue weighted by atomic mass is 9.95. The van der Waals surface area contributed by atoms with Crippen molar-refractivity contribution >= 4 is 5.97 Å². The summed E-state index contributed by atoms with van der Waals surface area (Å²) in [5.74, 6) is -5.31. The second-order valence-corrected chi connectivity index (χ2v) is 4.18. The maximum absolute atomic E-state index is 13.8. The van der Waals surface area contributed by atoms with Crippen LogP contribution in [0.2, 0.25) is 0 Å². The summed E-state index contributed by atoms with van der Waals surface area (Å²) in [7, 11) is 0. The van der Waals surface area contributed by atoms with Gasteiger partial charge in [-0.1, -0.05) is 23.8 Å². The normalized spacial score (nSPS) is 13.2. The van der Waals surface area contributed by atoms with E-state index in [1.165, 1.54) is 6.92 Å². The number of hydrogen-bond acceptors (Lipinski definition) is 3. The Labute approximate surface area is 105 Å². The Balaban J connectivity index is 3.08. The van der Waals surface area contributed by atoms with Crippen LogP contribution in [0.25, 0.3) is 0 Å². The van der Waals surface area contributed by atoms with E-state index >= 15 is 0 Å². The fourth-order valence-corrected chi connectivity index (χ4v) is 1.64. The summed E-state index contributed by atoms with van der Waals surface area (Å²) in [6.07, 6.45) is 0. The Morgan fingerprint density at radius 2 is 2.06 bits per heavy atom. The van der Waals surface area contributed by atoms with Crippen molar-refractivity contribution in [2.45, 2.75) is 32.7 Å². The van der Waals surface area contributed by atoms with Gasteiger partial charge in [-0.25, -0.2) is 4.79 Å². The van der Waals surface area contributed by atoms with Gasteiger partial charge in [0, 0.05) is 0 Å². The summed E-state index contributed by atoms with van der Waals surface area (Å²) < 4.78 is 31.9. The molecular formula is C13H17F2NO2. The van der Waals surface area contributed by atoms with E-state index in [4.69, 9.17) is 5.73 Å². The van der Waals surface area contributed by atoms with Crippen LogP contribution >= 0.6 is 0 Å². The maximum atomic E-state index is 13.8. The van der Waals surface area contributed by atoms with E-state index in [0.29, 0.717) is 5.56 Å². The summed E-state index contributed by atoms with van der Waals surface area (Å²) in [5, 5.41) is 0. The molecule has 0 spiro atoms. The molecule has 1 aromatic rings. The quantitative estimate of drug-likeness (QED) is 0.843. The third-order valence-electron chi connectivity index (χ3n) is 2.71. The van der Waals surface area contributed by atoms with E-state index in [1.807, 2.05) is 0 Å². The van der Waals surface area contributed by atoms with Gasteiger partial charge in [-0.15, -0.1) is 0 Å². The number of halogens is 2. The standard InChI is InChI=1S/C13H17F2NO2/c1-4-18-12(17)13(14,15)11(16)10-7-8(2)5-6-9(10)3/h5-7,11H,4,16H2,1-3H3/t11-/m0/s1. The zero-order valence-corrected chi connectivity index (χ0v) is 10.7. The van der Waals surface area contributed by atoms with Gasteiger partial charge >= 0.3 is 11.9 Å². The number of rotatable bonds is 4. The Bertz CT molecular complexity index is 447. The molecule has 1 rings (SSSR count). The van der Waals surface area contributed by atoms with Gasteiger partial charge in [0.05, 0.1) is 6.61 Å². The number of alkyl halides is 2. The van der Waals surface area contributed by atoms with E-state index in [9.17, 15) is 13.6 Å². The molecule has 0 saturated carbocycles. The van der Waals surface area contributed by atoms with Crippen molar-refractivity contribution in [3.8, 4) is 0 Å². The molecule has 1 aromatic carbocycles. The molecule has 0 saturated heterocycles. The molecule has 0 aliphatic rings. The van der Waals surface area contributed by atoms with Crippen molar-refractivity contribution in [3.63, 3.8) is 0 Å². The highest BCUT2D eigenvalue weighted by molar-refractivity contribution is 5.79. The minimum atomic E-state index is -3.73. The Hall–Kier alpha value is -1.49. The van der Waals surface area contributed by atoms with Crippen molar-refractivity contribution in [2.24, 2.45) is 5.73 Å². The first-order valence-corrected chi connectivity index (χ1v) is 5.68. The molecule has 0 unspecified atom stereocenters. The lowest BCUT2D eigenvalue weighted by Gasteiger charge is -2.23. The first-order chi connectivity index (χ1) is 8.30. The van der Waals surface area contributed by atoms with Crippen LogP contribution in [-0.2, 0) is 9.53 Å². The van der Waals surface area contributed by atoms with Crippen LogP contribution in [-0.4, -0.2) is 18.5 Å². The Morgan fingerprint density at radius 3 is 2.61 bits per heavy atom. The van der Waals surface area contributed by atoms with Crippen LogP contribution in [0.4, 0.5) is 8.78 Å². The Morgan fingerprint density at radius 1 is 1.44 bits per heavy atom. The lowest BCUT2D eigenvalue weighted by Crippen LogP contribution is -2.42. The summed E-state index contributed by atoms with van der Waals surface area (Å²) in [5.41, 5.74) is 7.21. The summed E-state index contributed by atoms with van der Waals surface area (Å²) in [4.78, 5) is 11.2. The topological polar surface area (TPSA) is 52.3 Å². The van der Waals surface area contributed by atoms with Crippen molar-refractivity contribution in [3.05, 3.63) is 34.9 Å². The Kier molecular flexibility index (Phi) is 4.40. The highest BCUT2D eigenvalue weighted by Gasteiger charge is 2.48. The molecule has 1 atom stereocenters. The lowest BCUT2D eigenvalue weighted by molar-refractivity contribution is -0.174. The number of nitrogens with two attached hydrogens (primary N) is 1. The van der Waals surface area contributed by atoms with Crippen molar-refractivity contribution in [2.75, 3.05) is 6.61 Å². The molecule has 0 aliphatic heterocycles. The fourth-order valence-electron chi connectivity index (χ4n) is 1.64. The van der Waals surface area contributed by atoms with E-state index in [0.717, 1.165) is 5.56 Å². The number of carbonyl (C=O) groups excluding carboxylic acids is 1. The van der Waals surface area contributed by atoms with Crippen LogP contribution in [0, 0.1) is 13.8 Å². The molecule has 0 amide bonds. The van der Waals surface area contributed by atoms with Gasteiger partial charge < -0.3 is 10.5 Å². The average molecular weight is 257 g/mol. The van der Waals surface area contributed by atoms with Crippen molar-refractivity contribution in [1.29, 1.82) is 0 Å². The van der Waals surface area contributed by atoms with E-state index in [-0.39, 0.29) is 12.2 Å². The average Bonchev–Trinajstić information content (AvgIpc) is 2.31.